The fourth-order valence-corrected chi connectivity index (χ4v) is 3.32. The van der Waals surface area contributed by atoms with Crippen LogP contribution in [0.4, 0.5) is 4.39 Å². The summed E-state index contributed by atoms with van der Waals surface area (Å²) in [5.74, 6) is -0.211. The van der Waals surface area contributed by atoms with Crippen LogP contribution in [0.15, 0.2) is 94.8 Å². The van der Waals surface area contributed by atoms with Crippen LogP contribution >= 0.6 is 11.6 Å². The van der Waals surface area contributed by atoms with E-state index in [0.717, 1.165) is 28.1 Å². The fourth-order valence-electron chi connectivity index (χ4n) is 3.25. The van der Waals surface area contributed by atoms with Crippen LogP contribution in [0.1, 0.15) is 74.1 Å². The Balaban J connectivity index is 0.00000562. The summed E-state index contributed by atoms with van der Waals surface area (Å²) in [4.78, 5) is 14.1. The van der Waals surface area contributed by atoms with Gasteiger partial charge in [0.25, 0.3) is 0 Å². The molecular weight excluding hydrogens is 459 g/mol. The van der Waals surface area contributed by atoms with Gasteiger partial charge >= 0.3 is 0 Å². The van der Waals surface area contributed by atoms with E-state index in [9.17, 15) is 9.18 Å². The van der Waals surface area contributed by atoms with Crippen LogP contribution in [0.5, 0.6) is 0 Å². The molecule has 3 nitrogen and oxygen atoms in total. The number of hydrogen-bond acceptors (Lipinski definition) is 2. The number of halogens is 2. The third kappa shape index (κ3) is 12.1. The zero-order chi connectivity index (χ0) is 27.0. The maximum absolute atomic E-state index is 14.0. The van der Waals surface area contributed by atoms with E-state index < -0.39 is 0 Å². The molecule has 0 fully saturated rings. The van der Waals surface area contributed by atoms with Crippen molar-refractivity contribution in [2.24, 2.45) is 5.92 Å². The molecule has 1 N–H and O–H groups in total. The van der Waals surface area contributed by atoms with Crippen molar-refractivity contribution >= 4 is 17.5 Å². The Morgan fingerprint density at radius 1 is 1.29 bits per heavy atom. The molecule has 1 heterocycles. The summed E-state index contributed by atoms with van der Waals surface area (Å²) in [5.41, 5.74) is 4.69. The summed E-state index contributed by atoms with van der Waals surface area (Å²) in [6, 6.07) is 0. The minimum absolute atomic E-state index is 0.0141. The van der Waals surface area contributed by atoms with Crippen LogP contribution in [-0.2, 0) is 4.79 Å². The summed E-state index contributed by atoms with van der Waals surface area (Å²) >= 11 is 5.82. The number of allylic oxidation sites excluding steroid dienone is 10. The molecule has 35 heavy (non-hydrogen) atoms. The van der Waals surface area contributed by atoms with E-state index in [0.29, 0.717) is 37.3 Å². The van der Waals surface area contributed by atoms with Gasteiger partial charge in [-0.25, -0.2) is 4.39 Å². The number of amides is 1. The highest BCUT2D eigenvalue weighted by Gasteiger charge is 2.18. The fraction of sp³-hybridized carbons (Fsp3) is 0.433. The average molecular weight is 503 g/mol. The van der Waals surface area contributed by atoms with Gasteiger partial charge in [0.15, 0.2) is 0 Å². The predicted molar refractivity (Wildman–Crippen MR) is 151 cm³/mol. The Kier molecular flexibility index (Phi) is 16.5. The smallest absolute Gasteiger partial charge is 0.222 e. The minimum atomic E-state index is -0.147. The first-order chi connectivity index (χ1) is 16.6. The summed E-state index contributed by atoms with van der Waals surface area (Å²) in [6.07, 6.45) is 16.0. The molecule has 1 rings (SSSR count). The zero-order valence-electron chi connectivity index (χ0n) is 22.7. The number of carbonyl (C=O) groups is 1. The maximum atomic E-state index is 14.0. The van der Waals surface area contributed by atoms with E-state index in [2.05, 4.69) is 24.6 Å². The van der Waals surface area contributed by atoms with Crippen LogP contribution < -0.4 is 5.32 Å². The Morgan fingerprint density at radius 2 is 1.94 bits per heavy atom. The van der Waals surface area contributed by atoms with E-state index in [1.807, 2.05) is 63.8 Å². The topological polar surface area (TPSA) is 32.3 Å². The van der Waals surface area contributed by atoms with Crippen molar-refractivity contribution in [3.63, 3.8) is 0 Å². The van der Waals surface area contributed by atoms with Crippen molar-refractivity contribution in [2.75, 3.05) is 6.54 Å². The second-order valence-corrected chi connectivity index (χ2v) is 9.01. The van der Waals surface area contributed by atoms with Gasteiger partial charge in [-0.05, 0) is 75.3 Å². The van der Waals surface area contributed by atoms with E-state index in [-0.39, 0.29) is 17.7 Å². The van der Waals surface area contributed by atoms with Crippen molar-refractivity contribution in [1.29, 1.82) is 0 Å². The molecule has 5 heteroatoms. The highest BCUT2D eigenvalue weighted by Crippen LogP contribution is 2.29. The first-order valence-corrected chi connectivity index (χ1v) is 12.7. The molecule has 0 aromatic heterocycles. The molecule has 1 amide bonds. The quantitative estimate of drug-likeness (QED) is 0.286. The van der Waals surface area contributed by atoms with Gasteiger partial charge in [-0.3, -0.25) is 4.79 Å². The van der Waals surface area contributed by atoms with Gasteiger partial charge in [-0.1, -0.05) is 76.8 Å². The van der Waals surface area contributed by atoms with Crippen molar-refractivity contribution in [2.45, 2.75) is 74.1 Å². The molecule has 0 radical (unpaired) electrons. The second-order valence-electron chi connectivity index (χ2n) is 8.42. The number of carbonyl (C=O) groups excluding carboxylic acids is 1. The van der Waals surface area contributed by atoms with E-state index in [4.69, 9.17) is 11.6 Å². The largest absolute Gasteiger partial charge is 0.352 e. The molecule has 0 aliphatic carbocycles. The van der Waals surface area contributed by atoms with Crippen LogP contribution in [0, 0.1) is 5.92 Å². The third-order valence-corrected chi connectivity index (χ3v) is 5.53. The normalized spacial score (nSPS) is 15.7. The monoisotopic (exact) mass is 502 g/mol. The maximum Gasteiger partial charge on any atom is 0.222 e. The number of nitrogens with one attached hydrogen (secondary N) is 1. The summed E-state index contributed by atoms with van der Waals surface area (Å²) in [6.45, 7) is 21.7. The molecule has 0 aromatic carbocycles. The molecule has 1 aliphatic rings. The molecule has 0 unspecified atom stereocenters. The second kappa shape index (κ2) is 17.8. The Hall–Kier alpha value is -2.59. The molecule has 194 valence electrons. The standard InChI is InChI=1S/C28H38ClFN2O.C2H6/c1-8-32-24(7)21(4)17-18-26(19-31-28(33)20(2)3)27(32)16-12-11-15-25(23(6)30)14-10-9-13-22(5)29;1-2/h8-10,12-13,16-17,20H,1,7,11,14-15,18-19H2,2-6H3,(H,31,33);1-2H3/b10-9?,16-12-,22-13+,25-23-;. The molecular formula is C30H44ClFN2O. The predicted octanol–water partition coefficient (Wildman–Crippen LogP) is 9.02. The Morgan fingerprint density at radius 3 is 2.49 bits per heavy atom. The minimum Gasteiger partial charge on any atom is -0.352 e. The Labute approximate surface area is 218 Å². The van der Waals surface area contributed by atoms with Gasteiger partial charge in [0, 0.05) is 35.1 Å². The molecule has 0 atom stereocenters. The summed E-state index contributed by atoms with van der Waals surface area (Å²) in [7, 11) is 0. The number of rotatable bonds is 11. The average Bonchev–Trinajstić information content (AvgIpc) is 2.93. The molecule has 0 saturated carbocycles. The van der Waals surface area contributed by atoms with Crippen molar-refractivity contribution in [3.8, 4) is 0 Å². The van der Waals surface area contributed by atoms with Gasteiger partial charge in [-0.2, -0.15) is 0 Å². The lowest BCUT2D eigenvalue weighted by atomic mass is 10.0. The molecule has 0 saturated heterocycles. The summed E-state index contributed by atoms with van der Waals surface area (Å²) in [5, 5.41) is 3.70. The van der Waals surface area contributed by atoms with Crippen LogP contribution in [0.25, 0.3) is 0 Å². The van der Waals surface area contributed by atoms with E-state index >= 15 is 0 Å². The summed E-state index contributed by atoms with van der Waals surface area (Å²) < 4.78 is 14.0. The zero-order valence-corrected chi connectivity index (χ0v) is 23.4. The first-order valence-electron chi connectivity index (χ1n) is 12.4. The van der Waals surface area contributed by atoms with Crippen molar-refractivity contribution in [1.82, 2.24) is 10.2 Å². The van der Waals surface area contributed by atoms with Crippen LogP contribution in [0.2, 0.25) is 0 Å². The van der Waals surface area contributed by atoms with E-state index in [1.54, 1.807) is 19.2 Å². The highest BCUT2D eigenvalue weighted by atomic mass is 35.5. The van der Waals surface area contributed by atoms with Crippen LogP contribution in [0.3, 0.4) is 0 Å². The van der Waals surface area contributed by atoms with Gasteiger partial charge in [0.05, 0.1) is 5.83 Å². The SMILES string of the molecule is C=CN1C(=C)C(C)=CCC(CNC(=O)C(C)C)=C1/C=C\CC/C(CC=C/C=C(\C)Cl)=C(/C)F.CC. The molecule has 1 aliphatic heterocycles. The number of nitrogens with zero attached hydrogens (tertiary/aromatic N) is 1. The lowest BCUT2D eigenvalue weighted by Gasteiger charge is -2.25. The first kappa shape index (κ1) is 32.4. The van der Waals surface area contributed by atoms with Crippen LogP contribution in [-0.4, -0.2) is 17.4 Å². The molecule has 0 bridgehead atoms. The van der Waals surface area contributed by atoms with E-state index in [1.165, 1.54) is 6.92 Å². The molecule has 0 aromatic rings. The van der Waals surface area contributed by atoms with Crippen molar-refractivity contribution < 1.29 is 9.18 Å². The third-order valence-electron chi connectivity index (χ3n) is 5.41. The van der Waals surface area contributed by atoms with Gasteiger partial charge in [0.1, 0.15) is 0 Å². The number of hydrogen-bond donors (Lipinski definition) is 1. The lowest BCUT2D eigenvalue weighted by Crippen LogP contribution is -2.30. The Bertz CT molecular complexity index is 909. The van der Waals surface area contributed by atoms with Gasteiger partial charge < -0.3 is 10.2 Å². The molecule has 0 spiro atoms. The lowest BCUT2D eigenvalue weighted by molar-refractivity contribution is -0.123. The van der Waals surface area contributed by atoms with Gasteiger partial charge in [-0.15, -0.1) is 0 Å². The van der Waals surface area contributed by atoms with Gasteiger partial charge in [0.2, 0.25) is 5.91 Å². The van der Waals surface area contributed by atoms with Crippen molar-refractivity contribution in [3.05, 3.63) is 94.8 Å². The highest BCUT2D eigenvalue weighted by molar-refractivity contribution is 6.29.